The second-order valence-corrected chi connectivity index (χ2v) is 7.46. The van der Waals surface area contributed by atoms with Crippen LogP contribution in [-0.4, -0.2) is 44.3 Å². The van der Waals surface area contributed by atoms with Gasteiger partial charge >= 0.3 is 11.9 Å². The van der Waals surface area contributed by atoms with Gasteiger partial charge < -0.3 is 20.5 Å². The molecule has 3 N–H and O–H groups in total. The molecule has 148 valence electrons. The van der Waals surface area contributed by atoms with Gasteiger partial charge in [-0.1, -0.05) is 27.7 Å². The minimum Gasteiger partial charge on any atom is -0.465 e. The first-order valence-corrected chi connectivity index (χ1v) is 9.54. The third-order valence-corrected chi connectivity index (χ3v) is 3.90. The van der Waals surface area contributed by atoms with Crippen LogP contribution in [0.1, 0.15) is 66.2 Å². The Balaban J connectivity index is 3.64. The molecule has 0 amide bonds. The lowest BCUT2D eigenvalue weighted by atomic mass is 10.0. The highest BCUT2D eigenvalue weighted by atomic mass is 16.5. The van der Waals surface area contributed by atoms with Crippen LogP contribution in [0.5, 0.6) is 0 Å². The second kappa shape index (κ2) is 14.1. The van der Waals surface area contributed by atoms with Gasteiger partial charge in [-0.25, -0.2) is 0 Å². The Bertz CT molecular complexity index is 372. The lowest BCUT2D eigenvalue weighted by Crippen LogP contribution is -2.36. The maximum absolute atomic E-state index is 11.9. The summed E-state index contributed by atoms with van der Waals surface area (Å²) in [5.41, 5.74) is 5.76. The highest BCUT2D eigenvalue weighted by molar-refractivity contribution is 5.75. The van der Waals surface area contributed by atoms with Crippen molar-refractivity contribution in [2.24, 2.45) is 17.6 Å². The molecule has 0 rings (SSSR count). The minimum atomic E-state index is -0.523. The number of nitrogens with one attached hydrogen (secondary N) is 1. The van der Waals surface area contributed by atoms with Gasteiger partial charge in [-0.3, -0.25) is 9.59 Å². The fourth-order valence-electron chi connectivity index (χ4n) is 2.52. The summed E-state index contributed by atoms with van der Waals surface area (Å²) < 4.78 is 10.5. The van der Waals surface area contributed by atoms with Gasteiger partial charge in [0.2, 0.25) is 0 Å². The highest BCUT2D eigenvalue weighted by Gasteiger charge is 2.19. The van der Waals surface area contributed by atoms with Crippen LogP contribution < -0.4 is 11.1 Å². The number of ether oxygens (including phenoxy) is 2. The maximum Gasteiger partial charge on any atom is 0.323 e. The molecule has 0 aromatic carbocycles. The van der Waals surface area contributed by atoms with E-state index in [1.54, 1.807) is 7.05 Å². The lowest BCUT2D eigenvalue weighted by Gasteiger charge is -2.17. The van der Waals surface area contributed by atoms with Crippen molar-refractivity contribution in [1.29, 1.82) is 0 Å². The maximum atomic E-state index is 11.9. The number of hydrogen-bond donors (Lipinski definition) is 2. The van der Waals surface area contributed by atoms with E-state index < -0.39 is 6.04 Å². The monoisotopic (exact) mass is 358 g/mol. The molecule has 0 fully saturated rings. The fourth-order valence-corrected chi connectivity index (χ4v) is 2.52. The summed E-state index contributed by atoms with van der Waals surface area (Å²) in [5.74, 6) is 0.338. The molecule has 0 saturated heterocycles. The van der Waals surface area contributed by atoms with Crippen molar-refractivity contribution in [2.45, 2.75) is 78.3 Å². The summed E-state index contributed by atoms with van der Waals surface area (Å²) in [6, 6.07) is -0.750. The standard InChI is InChI=1S/C19H38N2O4/c1-14(2)12-16(20)18(22)24-10-8-6-7-9-11-25-19(23)17(21-5)13-15(3)4/h14-17,21H,6-13,20H2,1-5H3. The molecule has 0 heterocycles. The van der Waals surface area contributed by atoms with Crippen molar-refractivity contribution in [1.82, 2.24) is 5.32 Å². The average Bonchev–Trinajstić information content (AvgIpc) is 2.53. The summed E-state index contributed by atoms with van der Waals surface area (Å²) >= 11 is 0. The van der Waals surface area contributed by atoms with Crippen molar-refractivity contribution in [2.75, 3.05) is 20.3 Å². The number of likely N-dealkylation sites (N-methyl/N-ethyl adjacent to an activating group) is 1. The number of carbonyl (C=O) groups is 2. The van der Waals surface area contributed by atoms with Gasteiger partial charge in [-0.15, -0.1) is 0 Å². The number of esters is 2. The van der Waals surface area contributed by atoms with Crippen LogP contribution in [0.2, 0.25) is 0 Å². The van der Waals surface area contributed by atoms with E-state index in [2.05, 4.69) is 19.2 Å². The number of carbonyl (C=O) groups excluding carboxylic acids is 2. The predicted molar refractivity (Wildman–Crippen MR) is 100 cm³/mol. The number of hydrogen-bond acceptors (Lipinski definition) is 6. The summed E-state index contributed by atoms with van der Waals surface area (Å²) in [6.07, 6.45) is 4.93. The van der Waals surface area contributed by atoms with Gasteiger partial charge in [-0.05, 0) is 57.4 Å². The van der Waals surface area contributed by atoms with Crippen molar-refractivity contribution in [3.05, 3.63) is 0 Å². The quantitative estimate of drug-likeness (QED) is 0.366. The average molecular weight is 359 g/mol. The zero-order valence-corrected chi connectivity index (χ0v) is 16.7. The number of rotatable bonds is 14. The van der Waals surface area contributed by atoms with Crippen molar-refractivity contribution >= 4 is 11.9 Å². The van der Waals surface area contributed by atoms with E-state index in [0.717, 1.165) is 32.1 Å². The van der Waals surface area contributed by atoms with E-state index in [-0.39, 0.29) is 18.0 Å². The Labute approximate surface area is 153 Å². The molecule has 0 aromatic rings. The van der Waals surface area contributed by atoms with Crippen LogP contribution in [-0.2, 0) is 19.1 Å². The van der Waals surface area contributed by atoms with Crippen LogP contribution in [0.25, 0.3) is 0 Å². The third kappa shape index (κ3) is 12.8. The summed E-state index contributed by atoms with van der Waals surface area (Å²) in [6.45, 7) is 9.07. The number of unbranched alkanes of at least 4 members (excludes halogenated alkanes) is 3. The largest absolute Gasteiger partial charge is 0.465 e. The molecule has 0 aromatic heterocycles. The van der Waals surface area contributed by atoms with E-state index in [9.17, 15) is 9.59 Å². The third-order valence-electron chi connectivity index (χ3n) is 3.90. The van der Waals surface area contributed by atoms with E-state index in [4.69, 9.17) is 15.2 Å². The zero-order chi connectivity index (χ0) is 19.2. The van der Waals surface area contributed by atoms with Crippen molar-refractivity contribution < 1.29 is 19.1 Å². The Morgan fingerprint density at radius 1 is 0.840 bits per heavy atom. The predicted octanol–water partition coefficient (Wildman–Crippen LogP) is 2.64. The SMILES string of the molecule is CNC(CC(C)C)C(=O)OCCCCCCOC(=O)C(N)CC(C)C. The summed E-state index contributed by atoms with van der Waals surface area (Å²) in [4.78, 5) is 23.6. The molecule has 2 unspecified atom stereocenters. The zero-order valence-electron chi connectivity index (χ0n) is 16.7. The van der Waals surface area contributed by atoms with Crippen LogP contribution >= 0.6 is 0 Å². The summed E-state index contributed by atoms with van der Waals surface area (Å²) in [5, 5.41) is 3.00. The van der Waals surface area contributed by atoms with E-state index >= 15 is 0 Å². The van der Waals surface area contributed by atoms with E-state index in [0.29, 0.717) is 31.5 Å². The van der Waals surface area contributed by atoms with Gasteiger partial charge in [-0.2, -0.15) is 0 Å². The highest BCUT2D eigenvalue weighted by Crippen LogP contribution is 2.08. The molecule has 0 aliphatic heterocycles. The molecule has 6 nitrogen and oxygen atoms in total. The topological polar surface area (TPSA) is 90.6 Å². The first kappa shape index (κ1) is 23.9. The molecular formula is C19H38N2O4. The van der Waals surface area contributed by atoms with Crippen LogP contribution in [0.15, 0.2) is 0 Å². The van der Waals surface area contributed by atoms with Gasteiger partial charge in [0, 0.05) is 0 Å². The van der Waals surface area contributed by atoms with Crippen molar-refractivity contribution in [3.63, 3.8) is 0 Å². The van der Waals surface area contributed by atoms with Crippen LogP contribution in [0, 0.1) is 11.8 Å². The molecule has 0 aliphatic carbocycles. The van der Waals surface area contributed by atoms with Crippen LogP contribution in [0.4, 0.5) is 0 Å². The molecule has 25 heavy (non-hydrogen) atoms. The minimum absolute atomic E-state index is 0.177. The molecule has 2 atom stereocenters. The number of nitrogens with two attached hydrogens (primary N) is 1. The molecule has 0 bridgehead atoms. The first-order chi connectivity index (χ1) is 11.8. The van der Waals surface area contributed by atoms with Gasteiger partial charge in [0.05, 0.1) is 13.2 Å². The Kier molecular flexibility index (Phi) is 13.4. The van der Waals surface area contributed by atoms with Gasteiger partial charge in [0.25, 0.3) is 0 Å². The fraction of sp³-hybridized carbons (Fsp3) is 0.895. The smallest absolute Gasteiger partial charge is 0.323 e. The lowest BCUT2D eigenvalue weighted by molar-refractivity contribution is -0.147. The normalized spacial score (nSPS) is 13.8. The first-order valence-electron chi connectivity index (χ1n) is 9.54. The Morgan fingerprint density at radius 3 is 1.76 bits per heavy atom. The molecule has 0 radical (unpaired) electrons. The Morgan fingerprint density at radius 2 is 1.32 bits per heavy atom. The van der Waals surface area contributed by atoms with Gasteiger partial charge in [0.15, 0.2) is 0 Å². The molecule has 0 aliphatic rings. The molecule has 6 heteroatoms. The Hall–Kier alpha value is -1.14. The summed E-state index contributed by atoms with van der Waals surface area (Å²) in [7, 11) is 1.78. The van der Waals surface area contributed by atoms with Gasteiger partial charge in [0.1, 0.15) is 12.1 Å². The molecule has 0 saturated carbocycles. The van der Waals surface area contributed by atoms with Crippen LogP contribution in [0.3, 0.4) is 0 Å². The molecule has 0 spiro atoms. The van der Waals surface area contributed by atoms with E-state index in [1.807, 2.05) is 13.8 Å². The van der Waals surface area contributed by atoms with Crippen molar-refractivity contribution in [3.8, 4) is 0 Å². The second-order valence-electron chi connectivity index (χ2n) is 7.46. The van der Waals surface area contributed by atoms with E-state index in [1.165, 1.54) is 0 Å². The molecular weight excluding hydrogens is 320 g/mol.